The van der Waals surface area contributed by atoms with Gasteiger partial charge in [-0.15, -0.1) is 0 Å². The molecule has 4 N–H and O–H groups in total. The lowest BCUT2D eigenvalue weighted by molar-refractivity contribution is -0.121. The van der Waals surface area contributed by atoms with Crippen LogP contribution in [0.4, 0.5) is 4.79 Å². The highest BCUT2D eigenvalue weighted by Gasteiger charge is 2.38. The number of nitrogens with one attached hydrogen (secondary N) is 4. The summed E-state index contributed by atoms with van der Waals surface area (Å²) in [5.74, 6) is -0.148. The number of halogens is 1. The molecule has 4 rings (SSSR count). The molecule has 1 aromatic carbocycles. The quantitative estimate of drug-likeness (QED) is 0.584. The Morgan fingerprint density at radius 3 is 2.61 bits per heavy atom. The smallest absolute Gasteiger partial charge is 0.318 e. The average molecular weight is 446 g/mol. The predicted octanol–water partition coefficient (Wildman–Crippen LogP) is 3.31. The van der Waals surface area contributed by atoms with Gasteiger partial charge in [0.25, 0.3) is 0 Å². The minimum absolute atomic E-state index is 0.0186. The molecular weight excluding hydrogens is 414 g/mol. The van der Waals surface area contributed by atoms with Crippen molar-refractivity contribution in [3.63, 3.8) is 0 Å². The van der Waals surface area contributed by atoms with Gasteiger partial charge in [0, 0.05) is 45.3 Å². The molecule has 1 aromatic heterocycles. The van der Waals surface area contributed by atoms with E-state index in [2.05, 4.69) is 48.6 Å². The number of hydrogen-bond donors (Lipinski definition) is 4. The molecule has 0 saturated carbocycles. The van der Waals surface area contributed by atoms with E-state index in [-0.39, 0.29) is 35.6 Å². The number of H-pyrrole nitrogens is 1. The van der Waals surface area contributed by atoms with Gasteiger partial charge in [-0.25, -0.2) is 4.79 Å². The van der Waals surface area contributed by atoms with Crippen molar-refractivity contribution in [2.24, 2.45) is 0 Å². The van der Waals surface area contributed by atoms with E-state index in [4.69, 9.17) is 11.6 Å². The van der Waals surface area contributed by atoms with E-state index < -0.39 is 0 Å². The van der Waals surface area contributed by atoms with Gasteiger partial charge >= 0.3 is 6.03 Å². The van der Waals surface area contributed by atoms with Gasteiger partial charge in [-0.1, -0.05) is 11.6 Å². The second-order valence-corrected chi connectivity index (χ2v) is 10.6. The minimum atomic E-state index is -0.219. The van der Waals surface area contributed by atoms with Crippen molar-refractivity contribution in [2.75, 3.05) is 13.1 Å². The van der Waals surface area contributed by atoms with Gasteiger partial charge in [0.2, 0.25) is 5.91 Å². The van der Waals surface area contributed by atoms with Crippen LogP contribution >= 0.6 is 11.6 Å². The number of hydrogen-bond acceptors (Lipinski definition) is 3. The molecular formula is C23H32ClN5O2. The molecule has 0 unspecified atom stereocenters. The molecule has 31 heavy (non-hydrogen) atoms. The summed E-state index contributed by atoms with van der Waals surface area (Å²) in [4.78, 5) is 30.3. The molecule has 1 fully saturated rings. The summed E-state index contributed by atoms with van der Waals surface area (Å²) in [7, 11) is 0. The SMILES string of the molecule is CC1(C)CC(NC(=O)CNC(=O)N2CCc3c([nH]c4ccc(Cl)cc34)C2)CC(C)(C)N1. The number of urea groups is 1. The molecule has 168 valence electrons. The van der Waals surface area contributed by atoms with E-state index in [1.165, 1.54) is 5.56 Å². The zero-order valence-corrected chi connectivity index (χ0v) is 19.4. The highest BCUT2D eigenvalue weighted by molar-refractivity contribution is 6.31. The standard InChI is InChI=1S/C23H32ClN5O2/c1-22(2)10-15(11-23(3,4)28-22)26-20(30)12-25-21(31)29-8-7-16-17-9-14(24)5-6-18(17)27-19(16)13-29/h5-6,9,15,27-28H,7-8,10-13H2,1-4H3,(H,25,31)(H,26,30). The first kappa shape index (κ1) is 22.0. The Hall–Kier alpha value is -2.25. The zero-order chi connectivity index (χ0) is 22.4. The number of fused-ring (bicyclic) bond motifs is 3. The molecule has 1 saturated heterocycles. The molecule has 0 atom stereocenters. The lowest BCUT2D eigenvalue weighted by atomic mass is 9.79. The van der Waals surface area contributed by atoms with E-state index in [9.17, 15) is 9.59 Å². The first-order valence-corrected chi connectivity index (χ1v) is 11.3. The average Bonchev–Trinajstić information content (AvgIpc) is 3.00. The Kier molecular flexibility index (Phi) is 5.68. The number of aromatic amines is 1. The maximum Gasteiger partial charge on any atom is 0.318 e. The normalized spacial score (nSPS) is 20.4. The Morgan fingerprint density at radius 2 is 1.90 bits per heavy atom. The van der Waals surface area contributed by atoms with Crippen molar-refractivity contribution in [2.45, 2.75) is 70.6 Å². The van der Waals surface area contributed by atoms with Crippen molar-refractivity contribution >= 4 is 34.4 Å². The lowest BCUT2D eigenvalue weighted by Gasteiger charge is -2.46. The van der Waals surface area contributed by atoms with Gasteiger partial charge in [0.05, 0.1) is 13.1 Å². The van der Waals surface area contributed by atoms with Crippen LogP contribution < -0.4 is 16.0 Å². The molecule has 7 nitrogen and oxygen atoms in total. The molecule has 3 heterocycles. The Balaban J connectivity index is 1.31. The van der Waals surface area contributed by atoms with Gasteiger partial charge in [0.1, 0.15) is 0 Å². The molecule has 0 bridgehead atoms. The number of aromatic nitrogens is 1. The fraction of sp³-hybridized carbons (Fsp3) is 0.565. The van der Waals surface area contributed by atoms with Crippen molar-refractivity contribution in [3.05, 3.63) is 34.5 Å². The second kappa shape index (κ2) is 8.02. The summed E-state index contributed by atoms with van der Waals surface area (Å²) in [6.07, 6.45) is 2.47. The Bertz CT molecular complexity index is 997. The van der Waals surface area contributed by atoms with Crippen LogP contribution in [0.2, 0.25) is 5.02 Å². The third kappa shape index (κ3) is 4.99. The third-order valence-corrected chi connectivity index (χ3v) is 6.42. The largest absolute Gasteiger partial charge is 0.357 e. The number of nitrogens with zero attached hydrogens (tertiary/aromatic N) is 1. The van der Waals surface area contributed by atoms with E-state index >= 15 is 0 Å². The number of piperidine rings is 1. The number of carbonyl (C=O) groups is 2. The summed E-state index contributed by atoms with van der Waals surface area (Å²) in [6, 6.07) is 5.67. The fourth-order valence-corrected chi connectivity index (χ4v) is 5.53. The highest BCUT2D eigenvalue weighted by Crippen LogP contribution is 2.30. The molecule has 0 spiro atoms. The first-order chi connectivity index (χ1) is 14.5. The molecule has 2 aliphatic rings. The molecule has 0 radical (unpaired) electrons. The minimum Gasteiger partial charge on any atom is -0.357 e. The summed E-state index contributed by atoms with van der Waals surface area (Å²) in [5, 5.41) is 11.3. The fourth-order valence-electron chi connectivity index (χ4n) is 5.36. The maximum absolute atomic E-state index is 12.7. The van der Waals surface area contributed by atoms with Crippen molar-refractivity contribution in [1.29, 1.82) is 0 Å². The summed E-state index contributed by atoms with van der Waals surface area (Å²) >= 11 is 6.14. The summed E-state index contributed by atoms with van der Waals surface area (Å²) < 4.78 is 0. The van der Waals surface area contributed by atoms with Crippen LogP contribution in [0.3, 0.4) is 0 Å². The van der Waals surface area contributed by atoms with Gasteiger partial charge in [-0.3, -0.25) is 4.79 Å². The zero-order valence-electron chi connectivity index (χ0n) is 18.7. The summed E-state index contributed by atoms with van der Waals surface area (Å²) in [5.41, 5.74) is 3.19. The van der Waals surface area contributed by atoms with E-state index in [0.29, 0.717) is 18.1 Å². The molecule has 0 aliphatic carbocycles. The van der Waals surface area contributed by atoms with Crippen LogP contribution in [0.5, 0.6) is 0 Å². The van der Waals surface area contributed by atoms with Crippen LogP contribution in [0.25, 0.3) is 10.9 Å². The van der Waals surface area contributed by atoms with Gasteiger partial charge in [-0.2, -0.15) is 0 Å². The van der Waals surface area contributed by atoms with Crippen molar-refractivity contribution < 1.29 is 9.59 Å². The van der Waals surface area contributed by atoms with Crippen LogP contribution in [0.15, 0.2) is 18.2 Å². The van der Waals surface area contributed by atoms with Gasteiger partial charge in [0.15, 0.2) is 0 Å². The van der Waals surface area contributed by atoms with E-state index in [1.54, 1.807) is 4.90 Å². The third-order valence-electron chi connectivity index (χ3n) is 6.18. The predicted molar refractivity (Wildman–Crippen MR) is 123 cm³/mol. The van der Waals surface area contributed by atoms with Crippen LogP contribution in [0, 0.1) is 0 Å². The first-order valence-electron chi connectivity index (χ1n) is 10.9. The van der Waals surface area contributed by atoms with Crippen LogP contribution in [-0.2, 0) is 17.8 Å². The van der Waals surface area contributed by atoms with Crippen molar-refractivity contribution in [3.8, 4) is 0 Å². The van der Waals surface area contributed by atoms with Gasteiger partial charge in [-0.05, 0) is 70.7 Å². The second-order valence-electron chi connectivity index (χ2n) is 10.2. The Morgan fingerprint density at radius 1 is 1.19 bits per heavy atom. The van der Waals surface area contributed by atoms with Crippen molar-refractivity contribution in [1.82, 2.24) is 25.8 Å². The topological polar surface area (TPSA) is 89.3 Å². The van der Waals surface area contributed by atoms with E-state index in [1.807, 2.05) is 18.2 Å². The number of benzene rings is 1. The Labute approximate surface area is 188 Å². The van der Waals surface area contributed by atoms with E-state index in [0.717, 1.165) is 35.9 Å². The highest BCUT2D eigenvalue weighted by atomic mass is 35.5. The number of rotatable bonds is 3. The maximum atomic E-state index is 12.7. The van der Waals surface area contributed by atoms with Gasteiger partial charge < -0.3 is 25.8 Å². The monoisotopic (exact) mass is 445 g/mol. The lowest BCUT2D eigenvalue weighted by Crippen LogP contribution is -2.62. The van der Waals surface area contributed by atoms with Crippen LogP contribution in [0.1, 0.15) is 51.8 Å². The number of amides is 3. The van der Waals surface area contributed by atoms with Crippen LogP contribution in [-0.4, -0.2) is 52.0 Å². The molecule has 8 heteroatoms. The molecule has 3 amide bonds. The number of carbonyl (C=O) groups excluding carboxylic acids is 2. The summed E-state index contributed by atoms with van der Waals surface area (Å²) in [6.45, 7) is 9.68. The molecule has 2 aliphatic heterocycles. The molecule has 2 aromatic rings.